The van der Waals surface area contributed by atoms with Crippen molar-refractivity contribution in [2.45, 2.75) is 12.8 Å². The predicted octanol–water partition coefficient (Wildman–Crippen LogP) is 16.0. The van der Waals surface area contributed by atoms with Gasteiger partial charge < -0.3 is 18.3 Å². The smallest absolute Gasteiger partial charge is 0.241 e. The van der Waals surface area contributed by atoms with Crippen LogP contribution in [0.15, 0.2) is 309 Å². The molecule has 12 aromatic carbocycles. The third-order valence-corrected chi connectivity index (χ3v) is 18.0. The summed E-state index contributed by atoms with van der Waals surface area (Å²) in [5.74, 6) is 0. The molecule has 0 radical (unpaired) electrons. The molecule has 84 heavy (non-hydrogen) atoms. The lowest BCUT2D eigenvalue weighted by Gasteiger charge is -2.20. The molecule has 17 rings (SSSR count). The number of para-hydroxylation sites is 4. The molecule has 4 aromatic heterocycles. The van der Waals surface area contributed by atoms with Crippen molar-refractivity contribution in [1.82, 2.24) is 18.3 Å². The van der Waals surface area contributed by atoms with E-state index in [0.29, 0.717) is 0 Å². The van der Waals surface area contributed by atoms with Crippen molar-refractivity contribution in [1.29, 1.82) is 0 Å². The Morgan fingerprint density at radius 3 is 1.07 bits per heavy atom. The average Bonchev–Trinajstić information content (AvgIpc) is 2.44. The van der Waals surface area contributed by atoms with Gasteiger partial charge in [-0.05, 0) is 97.8 Å². The SMILES string of the molecule is C1=CCCC(B(c2ccccc2)c2ccc3c(c2)c2ccc4c5cc(B(c6ccccc6)c6ccccc6)ccc5n(-c5ccc6c(c5)c5ccccc5n6-c5ccccc5)c4c2n3-c2ccc3c(c2)c2ccccc2n3-c2ccccc2)=C1. The van der Waals surface area contributed by atoms with Crippen LogP contribution in [0.2, 0.25) is 0 Å². The van der Waals surface area contributed by atoms with Crippen molar-refractivity contribution in [2.75, 3.05) is 0 Å². The second kappa shape index (κ2) is 19.6. The first kappa shape index (κ1) is 48.2. The molecular formula is C78H54B2N4. The quantitative estimate of drug-likeness (QED) is 0.122. The van der Waals surface area contributed by atoms with Gasteiger partial charge in [0.25, 0.3) is 0 Å². The number of hydrogen-bond donors (Lipinski definition) is 0. The Hall–Kier alpha value is -10.6. The maximum atomic E-state index is 2.60. The lowest BCUT2D eigenvalue weighted by molar-refractivity contribution is 1.01. The fourth-order valence-corrected chi connectivity index (χ4v) is 14.4. The van der Waals surface area contributed by atoms with Crippen LogP contribution in [0.3, 0.4) is 0 Å². The summed E-state index contributed by atoms with van der Waals surface area (Å²) >= 11 is 0. The van der Waals surface area contributed by atoms with Crippen LogP contribution < -0.4 is 27.3 Å². The first-order valence-corrected chi connectivity index (χ1v) is 29.5. The highest BCUT2D eigenvalue weighted by atomic mass is 15.1. The minimum atomic E-state index is 0.0290. The van der Waals surface area contributed by atoms with Gasteiger partial charge in [-0.15, -0.1) is 0 Å². The van der Waals surface area contributed by atoms with Crippen molar-refractivity contribution in [3.63, 3.8) is 0 Å². The van der Waals surface area contributed by atoms with E-state index in [-0.39, 0.29) is 13.4 Å². The second-order valence-corrected chi connectivity index (χ2v) is 22.7. The van der Waals surface area contributed by atoms with Crippen molar-refractivity contribution in [3.05, 3.63) is 309 Å². The first-order chi connectivity index (χ1) is 41.7. The van der Waals surface area contributed by atoms with Crippen LogP contribution in [0.4, 0.5) is 0 Å². The summed E-state index contributed by atoms with van der Waals surface area (Å²) in [4.78, 5) is 0. The average molecular weight is 1070 g/mol. The minimum Gasteiger partial charge on any atom is -0.309 e. The van der Waals surface area contributed by atoms with Gasteiger partial charge >= 0.3 is 0 Å². The van der Waals surface area contributed by atoms with E-state index < -0.39 is 0 Å². The van der Waals surface area contributed by atoms with Gasteiger partial charge in [-0.2, -0.15) is 0 Å². The number of fused-ring (bicyclic) bond motifs is 13. The Morgan fingerprint density at radius 1 is 0.250 bits per heavy atom. The Bertz CT molecular complexity index is 5260. The number of rotatable bonds is 10. The first-order valence-electron chi connectivity index (χ1n) is 29.5. The summed E-state index contributed by atoms with van der Waals surface area (Å²) in [6.07, 6.45) is 8.98. The van der Waals surface area contributed by atoms with Crippen LogP contribution in [0.5, 0.6) is 0 Å². The molecule has 0 saturated heterocycles. The number of benzene rings is 12. The van der Waals surface area contributed by atoms with Crippen LogP contribution in [0.25, 0.3) is 110 Å². The summed E-state index contributed by atoms with van der Waals surface area (Å²) in [5, 5.41) is 9.74. The zero-order valence-corrected chi connectivity index (χ0v) is 46.2. The van der Waals surface area contributed by atoms with Crippen molar-refractivity contribution in [2.24, 2.45) is 0 Å². The predicted molar refractivity (Wildman–Crippen MR) is 359 cm³/mol. The number of hydrogen-bond acceptors (Lipinski definition) is 0. The fourth-order valence-electron chi connectivity index (χ4n) is 14.4. The molecule has 0 unspecified atom stereocenters. The summed E-state index contributed by atoms with van der Waals surface area (Å²) in [7, 11) is 0. The zero-order chi connectivity index (χ0) is 55.2. The Balaban J connectivity index is 1.01. The van der Waals surface area contributed by atoms with E-state index in [1.165, 1.54) is 114 Å². The number of aromatic nitrogens is 4. The molecule has 0 aliphatic heterocycles. The van der Waals surface area contributed by atoms with Crippen LogP contribution >= 0.6 is 0 Å². The lowest BCUT2D eigenvalue weighted by atomic mass is 9.35. The molecule has 0 amide bonds. The van der Waals surface area contributed by atoms with Gasteiger partial charge in [0.15, 0.2) is 0 Å². The monoisotopic (exact) mass is 1070 g/mol. The van der Waals surface area contributed by atoms with E-state index in [1.54, 1.807) is 0 Å². The van der Waals surface area contributed by atoms with Gasteiger partial charge in [0, 0.05) is 65.8 Å². The molecule has 392 valence electrons. The van der Waals surface area contributed by atoms with Gasteiger partial charge in [-0.1, -0.05) is 251 Å². The maximum Gasteiger partial charge on any atom is 0.241 e. The second-order valence-electron chi connectivity index (χ2n) is 22.7. The summed E-state index contributed by atoms with van der Waals surface area (Å²) in [6, 6.07) is 106. The summed E-state index contributed by atoms with van der Waals surface area (Å²) in [5.41, 5.74) is 21.8. The highest BCUT2D eigenvalue weighted by molar-refractivity contribution is 6.95. The Morgan fingerprint density at radius 2 is 0.619 bits per heavy atom. The summed E-state index contributed by atoms with van der Waals surface area (Å²) in [6.45, 7) is 0.140. The minimum absolute atomic E-state index is 0.0290. The topological polar surface area (TPSA) is 19.7 Å². The normalized spacial score (nSPS) is 12.7. The molecular weight excluding hydrogens is 1010 g/mol. The van der Waals surface area contributed by atoms with Gasteiger partial charge in [0.05, 0.1) is 44.1 Å². The van der Waals surface area contributed by atoms with Gasteiger partial charge in [0.2, 0.25) is 13.4 Å². The Labute approximate surface area is 487 Å². The molecule has 0 atom stereocenters. The Kier molecular flexibility index (Phi) is 11.2. The molecule has 0 bridgehead atoms. The van der Waals surface area contributed by atoms with Crippen LogP contribution in [0.1, 0.15) is 12.8 Å². The lowest BCUT2D eigenvalue weighted by Crippen LogP contribution is -2.51. The molecule has 16 aromatic rings. The molecule has 0 saturated carbocycles. The molecule has 0 fully saturated rings. The van der Waals surface area contributed by atoms with Gasteiger partial charge in [0.1, 0.15) is 0 Å². The zero-order valence-electron chi connectivity index (χ0n) is 46.2. The van der Waals surface area contributed by atoms with Crippen LogP contribution in [-0.4, -0.2) is 31.7 Å². The third-order valence-electron chi connectivity index (χ3n) is 18.0. The highest BCUT2D eigenvalue weighted by Crippen LogP contribution is 2.44. The van der Waals surface area contributed by atoms with E-state index in [4.69, 9.17) is 0 Å². The molecule has 4 nitrogen and oxygen atoms in total. The van der Waals surface area contributed by atoms with E-state index in [1.807, 2.05) is 0 Å². The molecule has 1 aliphatic rings. The van der Waals surface area contributed by atoms with Gasteiger partial charge in [-0.25, -0.2) is 0 Å². The third kappa shape index (κ3) is 7.57. The highest BCUT2D eigenvalue weighted by Gasteiger charge is 2.29. The number of allylic oxidation sites excluding steroid dienone is 4. The van der Waals surface area contributed by atoms with Crippen LogP contribution in [-0.2, 0) is 0 Å². The van der Waals surface area contributed by atoms with Crippen molar-refractivity contribution in [3.8, 4) is 22.7 Å². The van der Waals surface area contributed by atoms with E-state index in [0.717, 1.165) is 41.1 Å². The molecule has 6 heteroatoms. The summed E-state index contributed by atoms with van der Waals surface area (Å²) < 4.78 is 10.0. The molecule has 0 spiro atoms. The van der Waals surface area contributed by atoms with E-state index in [2.05, 4.69) is 322 Å². The molecule has 1 aliphatic carbocycles. The van der Waals surface area contributed by atoms with Gasteiger partial charge in [-0.3, -0.25) is 0 Å². The molecule has 0 N–H and O–H groups in total. The van der Waals surface area contributed by atoms with Crippen LogP contribution in [0, 0.1) is 0 Å². The van der Waals surface area contributed by atoms with E-state index >= 15 is 0 Å². The van der Waals surface area contributed by atoms with Crippen molar-refractivity contribution < 1.29 is 0 Å². The number of nitrogens with zero attached hydrogens (tertiary/aromatic N) is 4. The maximum absolute atomic E-state index is 2.60. The largest absolute Gasteiger partial charge is 0.309 e. The van der Waals surface area contributed by atoms with Crippen molar-refractivity contribution >= 4 is 128 Å². The van der Waals surface area contributed by atoms with E-state index in [9.17, 15) is 0 Å². The fraction of sp³-hybridized carbons (Fsp3) is 0.0256. The standard InChI is InChI=1S/C78H54B2N4/c1-7-23-53(24-8-1)79(54-25-9-2-10-26-54)57-39-45-75-67(49-57)65-43-44-66-68-50-58(80(55-27-11-3-12-28-55)56-29-13-4-14-30-56)40-46-76(68)84(62-42-48-74-70(52-62)64-36-20-22-38-72(64)82(74)60-33-17-6-18-34-60)78(66)77(65)83(75)61-41-47-73-69(51-61)63-35-19-21-37-71(63)81(73)59-31-15-5-16-32-59/h1-13,15-29,31-52H,14,30H2. The molecule has 4 heterocycles.